The van der Waals surface area contributed by atoms with E-state index in [9.17, 15) is 4.79 Å². The second-order valence-corrected chi connectivity index (χ2v) is 8.57. The quantitative estimate of drug-likeness (QED) is 0.397. The van der Waals surface area contributed by atoms with Crippen molar-refractivity contribution in [1.29, 1.82) is 0 Å². The number of aryl methyl sites for hydroxylation is 2. The lowest BCUT2D eigenvalue weighted by Gasteiger charge is -2.07. The lowest BCUT2D eigenvalue weighted by atomic mass is 10.1. The van der Waals surface area contributed by atoms with E-state index in [0.29, 0.717) is 34.5 Å². The molecule has 1 N–H and O–H groups in total. The highest BCUT2D eigenvalue weighted by Crippen LogP contribution is 2.20. The summed E-state index contributed by atoms with van der Waals surface area (Å²) in [4.78, 5) is 12.7. The molecule has 2 heterocycles. The van der Waals surface area contributed by atoms with Crippen molar-refractivity contribution in [2.75, 3.05) is 5.32 Å². The van der Waals surface area contributed by atoms with Gasteiger partial charge < -0.3 is 5.32 Å². The number of benzene rings is 2. The number of carbonyl (C=O) groups is 1. The summed E-state index contributed by atoms with van der Waals surface area (Å²) in [7, 11) is 0. The third-order valence-corrected chi connectivity index (χ3v) is 6.07. The van der Waals surface area contributed by atoms with Crippen molar-refractivity contribution >= 4 is 34.9 Å². The zero-order valence-corrected chi connectivity index (χ0v) is 19.6. The van der Waals surface area contributed by atoms with Crippen LogP contribution >= 0.6 is 23.2 Å². The fourth-order valence-corrected chi connectivity index (χ4v) is 3.84. The summed E-state index contributed by atoms with van der Waals surface area (Å²) in [5.74, 6) is 0.300. The van der Waals surface area contributed by atoms with Crippen LogP contribution < -0.4 is 5.32 Å². The molecule has 0 aliphatic heterocycles. The second kappa shape index (κ2) is 9.18. The molecule has 6 nitrogen and oxygen atoms in total. The van der Waals surface area contributed by atoms with E-state index in [1.165, 1.54) is 0 Å². The third-order valence-electron chi connectivity index (χ3n) is 5.29. The van der Waals surface area contributed by atoms with E-state index in [0.717, 1.165) is 28.2 Å². The zero-order chi connectivity index (χ0) is 22.8. The number of amides is 1. The van der Waals surface area contributed by atoms with Gasteiger partial charge in [-0.2, -0.15) is 10.2 Å². The molecule has 0 radical (unpaired) electrons. The molecule has 0 unspecified atom stereocenters. The molecule has 0 fully saturated rings. The van der Waals surface area contributed by atoms with Crippen LogP contribution in [0.25, 0.3) is 0 Å². The van der Waals surface area contributed by atoms with E-state index in [1.807, 2.05) is 72.6 Å². The molecule has 0 spiro atoms. The third kappa shape index (κ3) is 4.87. The Labute approximate surface area is 196 Å². The lowest BCUT2D eigenvalue weighted by molar-refractivity contribution is 0.102. The van der Waals surface area contributed by atoms with Crippen LogP contribution in [0, 0.1) is 20.8 Å². The number of hydrogen-bond donors (Lipinski definition) is 1. The smallest absolute Gasteiger partial charge is 0.256 e. The molecular weight excluding hydrogens is 445 g/mol. The normalized spacial score (nSPS) is 11.0. The van der Waals surface area contributed by atoms with E-state index in [1.54, 1.807) is 12.1 Å². The first-order valence-corrected chi connectivity index (χ1v) is 10.9. The Morgan fingerprint density at radius 1 is 0.906 bits per heavy atom. The number of aromatic nitrogens is 4. The maximum atomic E-state index is 12.7. The van der Waals surface area contributed by atoms with Crippen molar-refractivity contribution < 1.29 is 4.79 Å². The molecule has 164 valence electrons. The summed E-state index contributed by atoms with van der Waals surface area (Å²) in [6.07, 6.45) is 0. The van der Waals surface area contributed by atoms with Gasteiger partial charge >= 0.3 is 0 Å². The van der Waals surface area contributed by atoms with Gasteiger partial charge in [-0.25, -0.2) is 0 Å². The molecular formula is C24H23Cl2N5O. The van der Waals surface area contributed by atoms with E-state index in [2.05, 4.69) is 15.5 Å². The highest BCUT2D eigenvalue weighted by atomic mass is 35.5. The van der Waals surface area contributed by atoms with Gasteiger partial charge in [0.25, 0.3) is 5.91 Å². The van der Waals surface area contributed by atoms with Crippen molar-refractivity contribution in [2.24, 2.45) is 0 Å². The van der Waals surface area contributed by atoms with E-state index in [4.69, 9.17) is 23.2 Å². The summed E-state index contributed by atoms with van der Waals surface area (Å²) in [5, 5.41) is 13.2. The molecule has 0 aliphatic carbocycles. The Kier molecular flexibility index (Phi) is 6.35. The van der Waals surface area contributed by atoms with Crippen LogP contribution in [0.4, 0.5) is 5.82 Å². The average Bonchev–Trinajstić information content (AvgIpc) is 3.22. The van der Waals surface area contributed by atoms with E-state index in [-0.39, 0.29) is 5.91 Å². The van der Waals surface area contributed by atoms with Gasteiger partial charge in [-0.05, 0) is 56.2 Å². The number of halogens is 2. The topological polar surface area (TPSA) is 64.7 Å². The van der Waals surface area contributed by atoms with Gasteiger partial charge in [0.1, 0.15) is 0 Å². The Balaban J connectivity index is 1.42. The summed E-state index contributed by atoms with van der Waals surface area (Å²) in [6.45, 7) is 6.95. The Bertz CT molecular complexity index is 1270. The van der Waals surface area contributed by atoms with Gasteiger partial charge in [0.2, 0.25) is 0 Å². The minimum Gasteiger partial charge on any atom is -0.305 e. The molecule has 0 atom stereocenters. The Morgan fingerprint density at radius 3 is 2.28 bits per heavy atom. The van der Waals surface area contributed by atoms with Gasteiger partial charge in [0, 0.05) is 22.3 Å². The lowest BCUT2D eigenvalue weighted by Crippen LogP contribution is -2.13. The Morgan fingerprint density at radius 2 is 1.62 bits per heavy atom. The van der Waals surface area contributed by atoms with Gasteiger partial charge in [-0.1, -0.05) is 47.5 Å². The first kappa shape index (κ1) is 22.1. The largest absolute Gasteiger partial charge is 0.305 e. The molecule has 0 bridgehead atoms. The highest BCUT2D eigenvalue weighted by Gasteiger charge is 2.12. The molecule has 2 aromatic carbocycles. The monoisotopic (exact) mass is 467 g/mol. The van der Waals surface area contributed by atoms with Crippen molar-refractivity contribution in [2.45, 2.75) is 33.9 Å². The van der Waals surface area contributed by atoms with Gasteiger partial charge in [-0.3, -0.25) is 14.2 Å². The maximum Gasteiger partial charge on any atom is 0.256 e. The van der Waals surface area contributed by atoms with Crippen molar-refractivity contribution in [1.82, 2.24) is 19.6 Å². The maximum absolute atomic E-state index is 12.7. The first-order chi connectivity index (χ1) is 15.3. The molecule has 0 saturated carbocycles. The number of hydrogen-bond acceptors (Lipinski definition) is 3. The number of nitrogens with zero attached hydrogens (tertiary/aromatic N) is 4. The predicted molar refractivity (Wildman–Crippen MR) is 128 cm³/mol. The summed E-state index contributed by atoms with van der Waals surface area (Å²) in [6, 6.07) is 16.9. The molecule has 1 amide bonds. The molecule has 4 rings (SSSR count). The molecule has 4 aromatic rings. The van der Waals surface area contributed by atoms with Crippen LogP contribution in [0.15, 0.2) is 54.6 Å². The number of anilines is 1. The molecule has 0 saturated heterocycles. The predicted octanol–water partition coefficient (Wildman–Crippen LogP) is 5.66. The van der Waals surface area contributed by atoms with Crippen LogP contribution in [0.3, 0.4) is 0 Å². The Hall–Kier alpha value is -3.09. The highest BCUT2D eigenvalue weighted by molar-refractivity contribution is 6.31. The van der Waals surface area contributed by atoms with Crippen molar-refractivity contribution in [3.05, 3.63) is 98.4 Å². The molecule has 8 heteroatoms. The number of nitrogens with one attached hydrogen (secondary N) is 1. The first-order valence-electron chi connectivity index (χ1n) is 10.2. The summed E-state index contributed by atoms with van der Waals surface area (Å²) >= 11 is 12.3. The van der Waals surface area contributed by atoms with Gasteiger partial charge in [0.05, 0.1) is 29.5 Å². The number of rotatable bonds is 6. The average molecular weight is 468 g/mol. The van der Waals surface area contributed by atoms with Gasteiger partial charge in [-0.15, -0.1) is 0 Å². The minimum absolute atomic E-state index is 0.210. The fraction of sp³-hybridized carbons (Fsp3) is 0.208. The van der Waals surface area contributed by atoms with Crippen LogP contribution in [0.1, 0.15) is 38.6 Å². The number of carbonyl (C=O) groups excluding carboxylic acids is 1. The molecule has 0 aliphatic rings. The zero-order valence-electron chi connectivity index (χ0n) is 18.1. The van der Waals surface area contributed by atoms with Crippen LogP contribution in [-0.2, 0) is 13.1 Å². The van der Waals surface area contributed by atoms with Crippen molar-refractivity contribution in [3.8, 4) is 0 Å². The SMILES string of the molecule is Cc1nn(Cc2ccc(C(=O)Nc3cc(C)n(Cc4cccc(Cl)c4)n3)cc2)c(C)c1Cl. The van der Waals surface area contributed by atoms with Crippen LogP contribution in [0.5, 0.6) is 0 Å². The molecule has 32 heavy (non-hydrogen) atoms. The van der Waals surface area contributed by atoms with Crippen molar-refractivity contribution in [3.63, 3.8) is 0 Å². The summed E-state index contributed by atoms with van der Waals surface area (Å²) in [5.41, 5.74) is 5.31. The molecule has 2 aromatic heterocycles. The minimum atomic E-state index is -0.210. The van der Waals surface area contributed by atoms with Gasteiger partial charge in [0.15, 0.2) is 5.82 Å². The van der Waals surface area contributed by atoms with E-state index < -0.39 is 0 Å². The van der Waals surface area contributed by atoms with Crippen LogP contribution in [0.2, 0.25) is 10.0 Å². The van der Waals surface area contributed by atoms with E-state index >= 15 is 0 Å². The second-order valence-electron chi connectivity index (χ2n) is 7.75. The summed E-state index contributed by atoms with van der Waals surface area (Å²) < 4.78 is 3.70. The fourth-order valence-electron chi connectivity index (χ4n) is 3.49. The standard InChI is InChI=1S/C24H23Cl2N5O/c1-15-11-22(29-30(15)14-19-5-4-6-21(25)12-19)27-24(32)20-9-7-18(8-10-20)13-31-17(3)23(26)16(2)28-31/h4-12H,13-14H2,1-3H3,(H,27,29,32). The van der Waals surface area contributed by atoms with Crippen LogP contribution in [-0.4, -0.2) is 25.5 Å².